The van der Waals surface area contributed by atoms with Crippen molar-refractivity contribution in [2.45, 2.75) is 58.2 Å². The molecule has 0 aliphatic carbocycles. The first-order valence-corrected chi connectivity index (χ1v) is 13.1. The number of hydrogen-bond acceptors (Lipinski definition) is 7. The Labute approximate surface area is 211 Å². The van der Waals surface area contributed by atoms with E-state index in [0.29, 0.717) is 29.9 Å². The highest BCUT2D eigenvalue weighted by Crippen LogP contribution is 2.26. The molecule has 9 heteroatoms. The Hall–Kier alpha value is -2.88. The van der Waals surface area contributed by atoms with E-state index in [0.717, 1.165) is 48.2 Å². The topological polar surface area (TPSA) is 97.1 Å². The van der Waals surface area contributed by atoms with E-state index in [1.54, 1.807) is 30.7 Å². The average molecular weight is 495 g/mol. The summed E-state index contributed by atoms with van der Waals surface area (Å²) in [6.45, 7) is 8.38. The fourth-order valence-electron chi connectivity index (χ4n) is 4.81. The van der Waals surface area contributed by atoms with Crippen LogP contribution in [-0.4, -0.2) is 52.5 Å². The molecular weight excluding hydrogens is 460 g/mol. The van der Waals surface area contributed by atoms with Gasteiger partial charge in [0.2, 0.25) is 5.69 Å². The third kappa shape index (κ3) is 6.22. The number of rotatable bonds is 9. The van der Waals surface area contributed by atoms with Crippen LogP contribution in [0.2, 0.25) is 0 Å². The molecule has 0 spiro atoms. The van der Waals surface area contributed by atoms with Gasteiger partial charge in [-0.25, -0.2) is 9.97 Å². The molecule has 0 bridgehead atoms. The number of hydrogen-bond donors (Lipinski definition) is 2. The number of aryl methyl sites for hydroxylation is 1. The highest BCUT2D eigenvalue weighted by molar-refractivity contribution is 7.08. The maximum Gasteiger partial charge on any atom is 0.257 e. The van der Waals surface area contributed by atoms with E-state index >= 15 is 0 Å². The van der Waals surface area contributed by atoms with Crippen LogP contribution in [0.5, 0.6) is 0 Å². The van der Waals surface area contributed by atoms with Gasteiger partial charge < -0.3 is 20.7 Å². The summed E-state index contributed by atoms with van der Waals surface area (Å²) in [6.07, 6.45) is 9.79. The molecule has 1 aliphatic rings. The lowest BCUT2D eigenvalue weighted by Gasteiger charge is -2.37. The largest absolute Gasteiger partial charge is 0.618 e. The number of pyridine rings is 1. The van der Waals surface area contributed by atoms with E-state index < -0.39 is 0 Å². The van der Waals surface area contributed by atoms with Gasteiger partial charge in [0, 0.05) is 49.6 Å². The number of piperidine rings is 1. The van der Waals surface area contributed by atoms with Crippen LogP contribution in [0.4, 0.5) is 0 Å². The zero-order valence-electron chi connectivity index (χ0n) is 20.6. The van der Waals surface area contributed by atoms with Gasteiger partial charge in [-0.05, 0) is 74.2 Å². The molecule has 3 aromatic rings. The minimum atomic E-state index is -0.176. The van der Waals surface area contributed by atoms with E-state index in [2.05, 4.69) is 49.3 Å². The fourth-order valence-corrected chi connectivity index (χ4v) is 5.49. The quantitative estimate of drug-likeness (QED) is 0.350. The Bertz CT molecular complexity index is 1100. The van der Waals surface area contributed by atoms with Crippen molar-refractivity contribution in [1.29, 1.82) is 0 Å². The number of nitrogens with one attached hydrogen (secondary N) is 2. The Morgan fingerprint density at radius 1 is 1.23 bits per heavy atom. The predicted molar refractivity (Wildman–Crippen MR) is 137 cm³/mol. The predicted octanol–water partition coefficient (Wildman–Crippen LogP) is 3.14. The van der Waals surface area contributed by atoms with Crippen molar-refractivity contribution in [3.05, 3.63) is 81.0 Å². The van der Waals surface area contributed by atoms with Gasteiger partial charge in [0.1, 0.15) is 11.9 Å². The summed E-state index contributed by atoms with van der Waals surface area (Å²) >= 11 is 1.70. The Kier molecular flexibility index (Phi) is 8.43. The first-order valence-electron chi connectivity index (χ1n) is 12.2. The molecule has 1 aliphatic heterocycles. The minimum Gasteiger partial charge on any atom is -0.618 e. The summed E-state index contributed by atoms with van der Waals surface area (Å²) in [4.78, 5) is 23.6. The second-order valence-corrected chi connectivity index (χ2v) is 10.1. The van der Waals surface area contributed by atoms with Gasteiger partial charge in [0.25, 0.3) is 5.91 Å². The van der Waals surface area contributed by atoms with Crippen LogP contribution >= 0.6 is 11.3 Å². The number of nitrogens with zero attached hydrogens (tertiary/aromatic N) is 4. The van der Waals surface area contributed by atoms with E-state index in [-0.39, 0.29) is 11.9 Å². The molecule has 186 valence electrons. The lowest BCUT2D eigenvalue weighted by atomic mass is 9.98. The number of aromatic nitrogens is 3. The van der Waals surface area contributed by atoms with Gasteiger partial charge in [0.05, 0.1) is 6.04 Å². The molecule has 4 rings (SSSR count). The van der Waals surface area contributed by atoms with Crippen LogP contribution in [-0.2, 0) is 0 Å². The molecule has 0 radical (unpaired) electrons. The molecule has 0 aromatic carbocycles. The van der Waals surface area contributed by atoms with Crippen LogP contribution < -0.4 is 15.4 Å². The summed E-state index contributed by atoms with van der Waals surface area (Å²) in [7, 11) is 0. The third-order valence-corrected chi connectivity index (χ3v) is 7.67. The second kappa shape index (κ2) is 11.7. The van der Waals surface area contributed by atoms with Crippen LogP contribution in [0.1, 0.15) is 65.0 Å². The van der Waals surface area contributed by atoms with Crippen molar-refractivity contribution in [3.8, 4) is 0 Å². The molecular formula is C26H34N6O2S. The Balaban J connectivity index is 1.26. The molecule has 1 amide bonds. The fraction of sp³-hybridized carbons (Fsp3) is 0.462. The SMILES string of the molecule is Cc1cc[n+]([O-])c(C)c1C(=O)NCCC(C)N1CCC(NC(c2cncnc2)c2ccsc2)CC1. The van der Waals surface area contributed by atoms with Gasteiger partial charge in [0.15, 0.2) is 6.20 Å². The van der Waals surface area contributed by atoms with Crippen molar-refractivity contribution in [2.75, 3.05) is 19.6 Å². The monoisotopic (exact) mass is 494 g/mol. The lowest BCUT2D eigenvalue weighted by molar-refractivity contribution is -0.612. The maximum absolute atomic E-state index is 12.7. The van der Waals surface area contributed by atoms with E-state index in [9.17, 15) is 10.0 Å². The molecule has 4 heterocycles. The molecule has 0 saturated carbocycles. The minimum absolute atomic E-state index is 0.101. The van der Waals surface area contributed by atoms with Crippen molar-refractivity contribution in [3.63, 3.8) is 0 Å². The van der Waals surface area contributed by atoms with Crippen LogP contribution in [0.15, 0.2) is 47.8 Å². The van der Waals surface area contributed by atoms with Gasteiger partial charge >= 0.3 is 0 Å². The molecule has 35 heavy (non-hydrogen) atoms. The summed E-state index contributed by atoms with van der Waals surface area (Å²) in [5.41, 5.74) is 4.07. The number of carbonyl (C=O) groups is 1. The summed E-state index contributed by atoms with van der Waals surface area (Å²) in [5.74, 6) is -0.176. The lowest BCUT2D eigenvalue weighted by Crippen LogP contribution is -2.47. The van der Waals surface area contributed by atoms with Gasteiger partial charge in [-0.1, -0.05) is 0 Å². The van der Waals surface area contributed by atoms with Gasteiger partial charge in [-0.15, -0.1) is 0 Å². The first kappa shape index (κ1) is 25.2. The first-order chi connectivity index (χ1) is 16.9. The van der Waals surface area contributed by atoms with E-state index in [4.69, 9.17) is 0 Å². The van der Waals surface area contributed by atoms with Crippen molar-refractivity contribution < 1.29 is 9.52 Å². The molecule has 1 fully saturated rings. The Morgan fingerprint density at radius 3 is 2.66 bits per heavy atom. The summed E-state index contributed by atoms with van der Waals surface area (Å²) in [5, 5.41) is 23.0. The Morgan fingerprint density at radius 2 is 1.97 bits per heavy atom. The van der Waals surface area contributed by atoms with E-state index in [1.807, 2.05) is 19.3 Å². The van der Waals surface area contributed by atoms with Crippen LogP contribution in [0, 0.1) is 19.1 Å². The zero-order valence-corrected chi connectivity index (χ0v) is 21.4. The smallest absolute Gasteiger partial charge is 0.257 e. The summed E-state index contributed by atoms with van der Waals surface area (Å²) < 4.78 is 0.747. The molecule has 2 unspecified atom stereocenters. The highest BCUT2D eigenvalue weighted by Gasteiger charge is 2.26. The number of carbonyl (C=O) groups excluding carboxylic acids is 1. The normalized spacial score (nSPS) is 16.7. The molecule has 8 nitrogen and oxygen atoms in total. The van der Waals surface area contributed by atoms with E-state index in [1.165, 1.54) is 11.8 Å². The average Bonchev–Trinajstić information content (AvgIpc) is 3.40. The highest BCUT2D eigenvalue weighted by atomic mass is 32.1. The van der Waals surface area contributed by atoms with Crippen molar-refractivity contribution >= 4 is 17.2 Å². The van der Waals surface area contributed by atoms with Crippen LogP contribution in [0.3, 0.4) is 0 Å². The standard InChI is InChI=1S/C26H34N6O2S/c1-18-5-12-32(34)20(3)24(18)26(33)29-9-4-19(2)31-10-6-23(7-11-31)30-25(21-8-13-35-16-21)22-14-27-17-28-15-22/h5,8,12-17,19,23,25,30H,4,6-7,9-11H2,1-3H3,(H,29,33). The molecule has 3 aromatic heterocycles. The zero-order chi connectivity index (χ0) is 24.8. The third-order valence-electron chi connectivity index (χ3n) is 6.97. The van der Waals surface area contributed by atoms with Crippen molar-refractivity contribution in [1.82, 2.24) is 25.5 Å². The number of thiophene rings is 1. The van der Waals surface area contributed by atoms with Gasteiger partial charge in [-0.2, -0.15) is 16.1 Å². The number of amides is 1. The van der Waals surface area contributed by atoms with Crippen LogP contribution in [0.25, 0.3) is 0 Å². The summed E-state index contributed by atoms with van der Waals surface area (Å²) in [6, 6.07) is 4.74. The molecule has 1 saturated heterocycles. The molecule has 2 atom stereocenters. The van der Waals surface area contributed by atoms with Crippen molar-refractivity contribution in [2.24, 2.45) is 0 Å². The molecule has 2 N–H and O–H groups in total. The van der Waals surface area contributed by atoms with Gasteiger partial charge in [-0.3, -0.25) is 4.79 Å². The number of likely N-dealkylation sites (tertiary alicyclic amines) is 1. The maximum atomic E-state index is 12.7. The second-order valence-electron chi connectivity index (χ2n) is 9.32.